The molecule has 1 aliphatic rings. The van der Waals surface area contributed by atoms with E-state index in [9.17, 15) is 4.79 Å². The number of benzene rings is 3. The summed E-state index contributed by atoms with van der Waals surface area (Å²) in [5, 5.41) is 4.55. The van der Waals surface area contributed by atoms with E-state index in [1.54, 1.807) is 29.3 Å². The van der Waals surface area contributed by atoms with E-state index in [0.717, 1.165) is 59.3 Å². The first kappa shape index (κ1) is 24.6. The zero-order valence-corrected chi connectivity index (χ0v) is 22.3. The third-order valence-corrected chi connectivity index (χ3v) is 8.61. The van der Waals surface area contributed by atoms with Crippen molar-refractivity contribution in [2.45, 2.75) is 38.3 Å². The third kappa shape index (κ3) is 5.02. The summed E-state index contributed by atoms with van der Waals surface area (Å²) in [6, 6.07) is 27.3. The minimum absolute atomic E-state index is 0.0696. The van der Waals surface area contributed by atoms with Crippen LogP contribution in [0.25, 0.3) is 21.3 Å². The van der Waals surface area contributed by atoms with Crippen LogP contribution in [0.3, 0.4) is 0 Å². The molecule has 1 aliphatic carbocycles. The van der Waals surface area contributed by atoms with Gasteiger partial charge in [0, 0.05) is 10.9 Å². The van der Waals surface area contributed by atoms with E-state index < -0.39 is 0 Å². The van der Waals surface area contributed by atoms with Crippen molar-refractivity contribution in [3.8, 4) is 16.9 Å². The van der Waals surface area contributed by atoms with Crippen LogP contribution in [0.15, 0.2) is 90.0 Å². The number of aromatic nitrogens is 2. The van der Waals surface area contributed by atoms with Crippen molar-refractivity contribution in [3.63, 3.8) is 0 Å². The molecule has 5 nitrogen and oxygen atoms in total. The molecule has 38 heavy (non-hydrogen) atoms. The molecule has 1 N–H and O–H groups in total. The normalized spacial score (nSPS) is 14.9. The van der Waals surface area contributed by atoms with E-state index in [1.165, 1.54) is 21.6 Å². The van der Waals surface area contributed by atoms with E-state index >= 15 is 0 Å². The van der Waals surface area contributed by atoms with Gasteiger partial charge in [-0.1, -0.05) is 66.7 Å². The summed E-state index contributed by atoms with van der Waals surface area (Å²) in [4.78, 5) is 20.5. The standard InChI is InChI=1S/C32H31N3O2S/c1-37-28-13-6-5-11-24(28)16-17-33-26-14-15-27-29(19-26)38-31-30(27)32(36)35(21-34-31)20-22-8-7-12-25(18-22)23-9-3-2-4-10-23/h2-13,18,21,26,33H,14-17,19-20H2,1H3. The van der Waals surface area contributed by atoms with Crippen molar-refractivity contribution in [1.82, 2.24) is 14.9 Å². The molecule has 0 saturated heterocycles. The van der Waals surface area contributed by atoms with Crippen LogP contribution in [0.5, 0.6) is 5.75 Å². The molecule has 6 rings (SSSR count). The van der Waals surface area contributed by atoms with Crippen molar-refractivity contribution in [3.05, 3.63) is 117 Å². The van der Waals surface area contributed by atoms with Crippen molar-refractivity contribution >= 4 is 21.6 Å². The van der Waals surface area contributed by atoms with Gasteiger partial charge < -0.3 is 10.1 Å². The first-order chi connectivity index (χ1) is 18.7. The second-order valence-corrected chi connectivity index (χ2v) is 11.0. The highest BCUT2D eigenvalue weighted by Crippen LogP contribution is 2.34. The Labute approximate surface area is 226 Å². The van der Waals surface area contributed by atoms with Crippen molar-refractivity contribution in [1.29, 1.82) is 0 Å². The van der Waals surface area contributed by atoms with Gasteiger partial charge in [0.1, 0.15) is 10.6 Å². The molecule has 0 saturated carbocycles. The molecule has 0 bridgehead atoms. The molecule has 5 aromatic rings. The lowest BCUT2D eigenvalue weighted by Crippen LogP contribution is -2.35. The van der Waals surface area contributed by atoms with Crippen molar-refractivity contribution in [2.75, 3.05) is 13.7 Å². The Morgan fingerprint density at radius 3 is 2.71 bits per heavy atom. The molecule has 6 heteroatoms. The van der Waals surface area contributed by atoms with Gasteiger partial charge in [0.2, 0.25) is 0 Å². The minimum atomic E-state index is 0.0696. The lowest BCUT2D eigenvalue weighted by atomic mass is 9.93. The maximum Gasteiger partial charge on any atom is 0.262 e. The Morgan fingerprint density at radius 2 is 1.84 bits per heavy atom. The predicted octanol–water partition coefficient (Wildman–Crippen LogP) is 5.87. The summed E-state index contributed by atoms with van der Waals surface area (Å²) in [5.41, 5.74) is 5.92. The SMILES string of the molecule is COc1ccccc1CCNC1CCc2c(sc3ncn(Cc4cccc(-c5ccccc5)c4)c(=O)c23)C1. The first-order valence-corrected chi connectivity index (χ1v) is 14.0. The number of rotatable bonds is 8. The van der Waals surface area contributed by atoms with Gasteiger partial charge in [0.05, 0.1) is 25.4 Å². The van der Waals surface area contributed by atoms with Crippen LogP contribution in [0, 0.1) is 0 Å². The van der Waals surface area contributed by atoms with Crippen LogP contribution < -0.4 is 15.6 Å². The zero-order chi connectivity index (χ0) is 25.9. The summed E-state index contributed by atoms with van der Waals surface area (Å²) >= 11 is 1.68. The van der Waals surface area contributed by atoms with Gasteiger partial charge in [-0.25, -0.2) is 4.98 Å². The number of thiophene rings is 1. The van der Waals surface area contributed by atoms with E-state index in [2.05, 4.69) is 53.8 Å². The fourth-order valence-electron chi connectivity index (χ4n) is 5.49. The summed E-state index contributed by atoms with van der Waals surface area (Å²) in [6.07, 6.45) is 5.52. The second kappa shape index (κ2) is 10.9. The molecular weight excluding hydrogens is 490 g/mol. The monoisotopic (exact) mass is 521 g/mol. The van der Waals surface area contributed by atoms with Crippen LogP contribution in [0.1, 0.15) is 28.0 Å². The molecule has 0 fully saturated rings. The Bertz CT molecular complexity index is 1620. The number of fused-ring (bicyclic) bond motifs is 3. The van der Waals surface area contributed by atoms with E-state index in [1.807, 2.05) is 30.3 Å². The van der Waals surface area contributed by atoms with Gasteiger partial charge >= 0.3 is 0 Å². The number of methoxy groups -OCH3 is 1. The molecule has 0 radical (unpaired) electrons. The maximum absolute atomic E-state index is 13.6. The topological polar surface area (TPSA) is 56.1 Å². The quantitative estimate of drug-likeness (QED) is 0.277. The molecule has 1 unspecified atom stereocenters. The second-order valence-electron chi connectivity index (χ2n) is 9.88. The van der Waals surface area contributed by atoms with Gasteiger partial charge in [0.15, 0.2) is 0 Å². The first-order valence-electron chi connectivity index (χ1n) is 13.2. The average molecular weight is 522 g/mol. The molecule has 3 aromatic carbocycles. The number of hydrogen-bond donors (Lipinski definition) is 1. The van der Waals surface area contributed by atoms with Gasteiger partial charge in [-0.05, 0) is 72.2 Å². The van der Waals surface area contributed by atoms with Crippen LogP contribution in [0.4, 0.5) is 0 Å². The molecule has 0 amide bonds. The van der Waals surface area contributed by atoms with E-state index in [4.69, 9.17) is 9.72 Å². The van der Waals surface area contributed by atoms with E-state index in [-0.39, 0.29) is 5.56 Å². The Balaban J connectivity index is 1.17. The van der Waals surface area contributed by atoms with Gasteiger partial charge in [0.25, 0.3) is 5.56 Å². The molecule has 2 aromatic heterocycles. The smallest absolute Gasteiger partial charge is 0.262 e. The Kier molecular flexibility index (Phi) is 7.08. The average Bonchev–Trinajstić information content (AvgIpc) is 3.34. The maximum atomic E-state index is 13.6. The van der Waals surface area contributed by atoms with Crippen LogP contribution in [-0.4, -0.2) is 29.2 Å². The Morgan fingerprint density at radius 1 is 1.03 bits per heavy atom. The molecule has 0 spiro atoms. The number of hydrogen-bond acceptors (Lipinski definition) is 5. The van der Waals surface area contributed by atoms with Crippen LogP contribution >= 0.6 is 11.3 Å². The van der Waals surface area contributed by atoms with Gasteiger partial charge in [-0.2, -0.15) is 0 Å². The summed E-state index contributed by atoms with van der Waals surface area (Å²) in [7, 11) is 1.72. The van der Waals surface area contributed by atoms with E-state index in [0.29, 0.717) is 12.6 Å². The fourth-order valence-corrected chi connectivity index (χ4v) is 6.74. The Hall–Kier alpha value is -3.74. The van der Waals surface area contributed by atoms with Crippen molar-refractivity contribution in [2.24, 2.45) is 0 Å². The van der Waals surface area contributed by atoms with Gasteiger partial charge in [-0.3, -0.25) is 9.36 Å². The molecule has 1 atom stereocenters. The highest BCUT2D eigenvalue weighted by Gasteiger charge is 2.25. The number of ether oxygens (including phenoxy) is 1. The van der Waals surface area contributed by atoms with Crippen LogP contribution in [0.2, 0.25) is 0 Å². The molecule has 192 valence electrons. The van der Waals surface area contributed by atoms with Crippen molar-refractivity contribution < 1.29 is 4.74 Å². The number of nitrogens with zero attached hydrogens (tertiary/aromatic N) is 2. The highest BCUT2D eigenvalue weighted by atomic mass is 32.1. The lowest BCUT2D eigenvalue weighted by Gasteiger charge is -2.23. The lowest BCUT2D eigenvalue weighted by molar-refractivity contribution is 0.407. The summed E-state index contributed by atoms with van der Waals surface area (Å²) in [5.74, 6) is 0.943. The molecular formula is C32H31N3O2S. The molecule has 0 aliphatic heterocycles. The number of para-hydroxylation sites is 1. The number of nitrogens with one attached hydrogen (secondary N) is 1. The summed E-state index contributed by atoms with van der Waals surface area (Å²) in [6.45, 7) is 1.42. The fraction of sp³-hybridized carbons (Fsp3) is 0.250. The van der Waals surface area contributed by atoms with Crippen LogP contribution in [-0.2, 0) is 25.8 Å². The third-order valence-electron chi connectivity index (χ3n) is 7.44. The number of aryl methyl sites for hydroxylation is 1. The summed E-state index contributed by atoms with van der Waals surface area (Å²) < 4.78 is 7.25. The largest absolute Gasteiger partial charge is 0.496 e. The van der Waals surface area contributed by atoms with Gasteiger partial charge in [-0.15, -0.1) is 11.3 Å². The highest BCUT2D eigenvalue weighted by molar-refractivity contribution is 7.18. The minimum Gasteiger partial charge on any atom is -0.496 e. The molecule has 2 heterocycles. The zero-order valence-electron chi connectivity index (χ0n) is 21.5. The predicted molar refractivity (Wildman–Crippen MR) is 155 cm³/mol.